The van der Waals surface area contributed by atoms with Crippen LogP contribution in [0.4, 0.5) is 0 Å². The first-order valence-electron chi connectivity index (χ1n) is 8.03. The molecule has 1 N–H and O–H groups in total. The van der Waals surface area contributed by atoms with E-state index >= 15 is 0 Å². The number of benzene rings is 2. The fraction of sp³-hybridized carbons (Fsp3) is 0.150. The third kappa shape index (κ3) is 7.07. The lowest BCUT2D eigenvalue weighted by atomic mass is 10.1. The van der Waals surface area contributed by atoms with Crippen molar-refractivity contribution in [1.82, 2.24) is 5.32 Å². The van der Waals surface area contributed by atoms with Gasteiger partial charge in [0.2, 0.25) is 5.91 Å². The van der Waals surface area contributed by atoms with Gasteiger partial charge in [-0.2, -0.15) is 0 Å². The maximum absolute atomic E-state index is 11.8. The number of carbonyl (C=O) groups is 3. The molecular formula is C20H18BrNO5. The second-order valence-electron chi connectivity index (χ2n) is 5.46. The molecular weight excluding hydrogens is 414 g/mol. The molecule has 6 nitrogen and oxygen atoms in total. The SMILES string of the molecule is COc1ccc(Br)cc1/C=C/C(=O)OCC(=O)NC(=O)Cc1ccccc1. The Morgan fingerprint density at radius 1 is 1.07 bits per heavy atom. The highest BCUT2D eigenvalue weighted by atomic mass is 79.9. The number of hydrogen-bond donors (Lipinski definition) is 1. The maximum atomic E-state index is 11.8. The van der Waals surface area contributed by atoms with E-state index in [1.165, 1.54) is 19.3 Å². The number of carbonyl (C=O) groups excluding carboxylic acids is 3. The molecule has 0 aliphatic rings. The van der Waals surface area contributed by atoms with E-state index in [-0.39, 0.29) is 6.42 Å². The van der Waals surface area contributed by atoms with Crippen molar-refractivity contribution in [3.63, 3.8) is 0 Å². The largest absolute Gasteiger partial charge is 0.496 e. The molecule has 2 aromatic rings. The Bertz CT molecular complexity index is 849. The minimum atomic E-state index is -0.706. The summed E-state index contributed by atoms with van der Waals surface area (Å²) in [4.78, 5) is 35.2. The second kappa shape index (κ2) is 10.3. The molecule has 7 heteroatoms. The molecule has 0 radical (unpaired) electrons. The molecule has 2 amide bonds. The summed E-state index contributed by atoms with van der Waals surface area (Å²) >= 11 is 3.34. The van der Waals surface area contributed by atoms with Crippen molar-refractivity contribution in [1.29, 1.82) is 0 Å². The standard InChI is InChI=1S/C20H18BrNO5/c1-26-17-9-8-16(21)12-15(17)7-10-20(25)27-13-19(24)22-18(23)11-14-5-3-2-4-6-14/h2-10,12H,11,13H2,1H3,(H,22,23,24)/b10-7+. The zero-order valence-electron chi connectivity index (χ0n) is 14.6. The van der Waals surface area contributed by atoms with Crippen LogP contribution in [0.2, 0.25) is 0 Å². The summed E-state index contributed by atoms with van der Waals surface area (Å²) in [7, 11) is 1.52. The zero-order chi connectivity index (χ0) is 19.6. The van der Waals surface area contributed by atoms with E-state index in [1.54, 1.807) is 36.4 Å². The van der Waals surface area contributed by atoms with Crippen LogP contribution in [0.1, 0.15) is 11.1 Å². The Labute approximate surface area is 165 Å². The third-order valence-electron chi connectivity index (χ3n) is 3.42. The monoisotopic (exact) mass is 431 g/mol. The number of halogens is 1. The van der Waals surface area contributed by atoms with Gasteiger partial charge in [0.1, 0.15) is 5.75 Å². The van der Waals surface area contributed by atoms with Crippen molar-refractivity contribution in [2.24, 2.45) is 0 Å². The molecule has 0 fully saturated rings. The highest BCUT2D eigenvalue weighted by Crippen LogP contribution is 2.24. The molecule has 0 bridgehead atoms. The minimum absolute atomic E-state index is 0.0725. The second-order valence-corrected chi connectivity index (χ2v) is 6.38. The van der Waals surface area contributed by atoms with Gasteiger partial charge in [-0.3, -0.25) is 14.9 Å². The highest BCUT2D eigenvalue weighted by Gasteiger charge is 2.10. The summed E-state index contributed by atoms with van der Waals surface area (Å²) in [5.74, 6) is -1.26. The first kappa shape index (κ1) is 20.4. The molecule has 0 aromatic heterocycles. The zero-order valence-corrected chi connectivity index (χ0v) is 16.2. The van der Waals surface area contributed by atoms with E-state index in [0.717, 1.165) is 10.0 Å². The van der Waals surface area contributed by atoms with Gasteiger partial charge in [-0.05, 0) is 29.8 Å². The van der Waals surface area contributed by atoms with E-state index in [2.05, 4.69) is 21.2 Å². The summed E-state index contributed by atoms with van der Waals surface area (Å²) in [5.41, 5.74) is 1.46. The van der Waals surface area contributed by atoms with Crippen LogP contribution in [0, 0.1) is 0 Å². The normalized spacial score (nSPS) is 10.4. The van der Waals surface area contributed by atoms with Crippen molar-refractivity contribution in [2.75, 3.05) is 13.7 Å². The van der Waals surface area contributed by atoms with Gasteiger partial charge >= 0.3 is 5.97 Å². The molecule has 2 rings (SSSR count). The van der Waals surface area contributed by atoms with Crippen molar-refractivity contribution in [3.8, 4) is 5.75 Å². The predicted octanol–water partition coefficient (Wildman–Crippen LogP) is 2.90. The van der Waals surface area contributed by atoms with E-state index in [4.69, 9.17) is 9.47 Å². The number of ether oxygens (including phenoxy) is 2. The number of methoxy groups -OCH3 is 1. The Morgan fingerprint density at radius 3 is 2.52 bits per heavy atom. The predicted molar refractivity (Wildman–Crippen MR) is 104 cm³/mol. The van der Waals surface area contributed by atoms with Gasteiger partial charge in [0, 0.05) is 16.1 Å². The molecule has 0 unspecified atom stereocenters. The van der Waals surface area contributed by atoms with Crippen LogP contribution in [0.5, 0.6) is 5.75 Å². The van der Waals surface area contributed by atoms with Gasteiger partial charge in [-0.25, -0.2) is 4.79 Å². The van der Waals surface area contributed by atoms with Gasteiger partial charge < -0.3 is 9.47 Å². The number of esters is 1. The van der Waals surface area contributed by atoms with Crippen molar-refractivity contribution in [3.05, 3.63) is 70.2 Å². The van der Waals surface area contributed by atoms with Gasteiger partial charge in [-0.1, -0.05) is 46.3 Å². The summed E-state index contributed by atoms with van der Waals surface area (Å²) < 4.78 is 10.9. The van der Waals surface area contributed by atoms with Crippen LogP contribution in [-0.4, -0.2) is 31.5 Å². The lowest BCUT2D eigenvalue weighted by Crippen LogP contribution is -2.35. The summed E-state index contributed by atoms with van der Waals surface area (Å²) in [6.45, 7) is -0.542. The van der Waals surface area contributed by atoms with Crippen molar-refractivity contribution >= 4 is 39.8 Å². The highest BCUT2D eigenvalue weighted by molar-refractivity contribution is 9.10. The molecule has 0 saturated carbocycles. The van der Waals surface area contributed by atoms with E-state index < -0.39 is 24.4 Å². The number of imide groups is 1. The van der Waals surface area contributed by atoms with Crippen LogP contribution < -0.4 is 10.1 Å². The molecule has 140 valence electrons. The number of rotatable bonds is 7. The average molecular weight is 432 g/mol. The topological polar surface area (TPSA) is 81.7 Å². The molecule has 0 atom stereocenters. The molecule has 27 heavy (non-hydrogen) atoms. The minimum Gasteiger partial charge on any atom is -0.496 e. The van der Waals surface area contributed by atoms with E-state index in [9.17, 15) is 14.4 Å². The molecule has 0 spiro atoms. The smallest absolute Gasteiger partial charge is 0.331 e. The van der Waals surface area contributed by atoms with Gasteiger partial charge in [-0.15, -0.1) is 0 Å². The van der Waals surface area contributed by atoms with Crippen molar-refractivity contribution in [2.45, 2.75) is 6.42 Å². The molecule has 0 saturated heterocycles. The maximum Gasteiger partial charge on any atom is 0.331 e. The fourth-order valence-electron chi connectivity index (χ4n) is 2.20. The molecule has 0 aliphatic heterocycles. The Kier molecular flexibility index (Phi) is 7.76. The summed E-state index contributed by atoms with van der Waals surface area (Å²) in [6, 6.07) is 14.3. The number of nitrogens with one attached hydrogen (secondary N) is 1. The van der Waals surface area contributed by atoms with Crippen molar-refractivity contribution < 1.29 is 23.9 Å². The number of hydrogen-bond acceptors (Lipinski definition) is 5. The van der Waals surface area contributed by atoms with Gasteiger partial charge in [0.25, 0.3) is 5.91 Å². The molecule has 0 aliphatic carbocycles. The quantitative estimate of drug-likeness (QED) is 0.538. The lowest BCUT2D eigenvalue weighted by Gasteiger charge is -2.06. The third-order valence-corrected chi connectivity index (χ3v) is 3.92. The first-order chi connectivity index (χ1) is 13.0. The van der Waals surface area contributed by atoms with Gasteiger partial charge in [0.05, 0.1) is 13.5 Å². The van der Waals surface area contributed by atoms with E-state index in [1.807, 2.05) is 12.1 Å². The Hall–Kier alpha value is -2.93. The molecule has 2 aromatic carbocycles. The first-order valence-corrected chi connectivity index (χ1v) is 8.82. The van der Waals surface area contributed by atoms with Crippen LogP contribution in [0.3, 0.4) is 0 Å². The van der Waals surface area contributed by atoms with Crippen LogP contribution in [0.25, 0.3) is 6.08 Å². The average Bonchev–Trinajstić information content (AvgIpc) is 2.65. The molecule has 0 heterocycles. The van der Waals surface area contributed by atoms with E-state index in [0.29, 0.717) is 11.3 Å². The summed E-state index contributed by atoms with van der Waals surface area (Å²) in [5, 5.41) is 2.18. The summed E-state index contributed by atoms with van der Waals surface area (Å²) in [6.07, 6.45) is 2.77. The fourth-order valence-corrected chi connectivity index (χ4v) is 2.57. The lowest BCUT2D eigenvalue weighted by molar-refractivity contribution is -0.145. The Morgan fingerprint density at radius 2 is 1.81 bits per heavy atom. The van der Waals surface area contributed by atoms with Crippen LogP contribution >= 0.6 is 15.9 Å². The Balaban J connectivity index is 1.80. The van der Waals surface area contributed by atoms with Crippen LogP contribution in [0.15, 0.2) is 59.1 Å². The number of amides is 2. The van der Waals surface area contributed by atoms with Crippen LogP contribution in [-0.2, 0) is 25.5 Å². The van der Waals surface area contributed by atoms with Gasteiger partial charge in [0.15, 0.2) is 6.61 Å².